The van der Waals surface area contributed by atoms with Gasteiger partial charge in [-0.15, -0.1) is 4.73 Å². The van der Waals surface area contributed by atoms with Crippen molar-refractivity contribution in [1.29, 1.82) is 0 Å². The van der Waals surface area contributed by atoms with Gasteiger partial charge >= 0.3 is 7.82 Å². The van der Waals surface area contributed by atoms with E-state index in [-0.39, 0.29) is 12.5 Å². The zero-order valence-corrected chi connectivity index (χ0v) is 36.8. The number of phosphoric ester groups is 1. The Kier molecular flexibility index (Phi) is 29.2. The van der Waals surface area contributed by atoms with Crippen molar-refractivity contribution in [3.8, 4) is 11.6 Å². The number of ether oxygens (including phenoxy) is 1. The molecule has 324 valence electrons. The summed E-state index contributed by atoms with van der Waals surface area (Å²) < 4.78 is 35.3. The number of halogens is 1. The largest absolute Gasteiger partial charge is 0.469 e. The highest BCUT2D eigenvalue weighted by Gasteiger charge is 2.20. The summed E-state index contributed by atoms with van der Waals surface area (Å²) in [5.41, 5.74) is 3.89. The third-order valence-electron chi connectivity index (χ3n) is 8.49. The van der Waals surface area contributed by atoms with E-state index < -0.39 is 22.2 Å². The summed E-state index contributed by atoms with van der Waals surface area (Å²) >= 11 is 0. The van der Waals surface area contributed by atoms with Crippen LogP contribution in [0.5, 0.6) is 11.6 Å². The predicted octanol–water partition coefficient (Wildman–Crippen LogP) is 12.2. The van der Waals surface area contributed by atoms with Crippen LogP contribution < -0.4 is 15.4 Å². The molecular formula is C44H68FN3O8P2. The maximum absolute atomic E-state index is 12.6. The zero-order valence-electron chi connectivity index (χ0n) is 35.0. The average Bonchev–Trinajstić information content (AvgIpc) is 3.58. The minimum Gasteiger partial charge on any atom is -0.441 e. The lowest BCUT2D eigenvalue weighted by Gasteiger charge is -2.19. The number of H-pyrrole nitrogens is 1. The first-order valence-electron chi connectivity index (χ1n) is 20.2. The van der Waals surface area contributed by atoms with E-state index in [1.807, 2.05) is 74.5 Å². The van der Waals surface area contributed by atoms with Gasteiger partial charge in [0, 0.05) is 41.4 Å². The number of aromatic amines is 1. The van der Waals surface area contributed by atoms with Gasteiger partial charge in [-0.3, -0.25) is 9.32 Å². The van der Waals surface area contributed by atoms with Gasteiger partial charge in [-0.25, -0.2) is 4.57 Å². The van der Waals surface area contributed by atoms with E-state index in [4.69, 9.17) is 14.2 Å². The summed E-state index contributed by atoms with van der Waals surface area (Å²) in [6, 6.07) is 16.7. The zero-order chi connectivity index (χ0) is 43.0. The Balaban J connectivity index is 0.00000102. The number of amides is 1. The Labute approximate surface area is 347 Å². The molecule has 0 aliphatic rings. The highest BCUT2D eigenvalue weighted by molar-refractivity contribution is 7.46. The molecule has 1 aromatic heterocycles. The molecule has 3 aromatic rings. The number of unbranched alkanes of at least 4 members (excludes halogenated alkanes) is 11. The highest BCUT2D eigenvalue weighted by atomic mass is 31.2. The molecule has 0 spiro atoms. The van der Waals surface area contributed by atoms with E-state index in [0.29, 0.717) is 24.5 Å². The fourth-order valence-electron chi connectivity index (χ4n) is 5.76. The van der Waals surface area contributed by atoms with Gasteiger partial charge in [0.25, 0.3) is 0 Å². The molecule has 2 unspecified atom stereocenters. The van der Waals surface area contributed by atoms with E-state index in [0.717, 1.165) is 60.0 Å². The molecule has 58 heavy (non-hydrogen) atoms. The maximum Gasteiger partial charge on any atom is 0.469 e. The van der Waals surface area contributed by atoms with Gasteiger partial charge in [-0.2, -0.15) is 0 Å². The number of hydrogen-bond donors (Lipinski definition) is 6. The van der Waals surface area contributed by atoms with Gasteiger partial charge in [-0.1, -0.05) is 120 Å². The number of carbonyl (C=O) groups is 1. The second-order valence-corrected chi connectivity index (χ2v) is 16.4. The molecule has 0 aliphatic carbocycles. The smallest absolute Gasteiger partial charge is 0.441 e. The fourth-order valence-corrected chi connectivity index (χ4v) is 6.13. The van der Waals surface area contributed by atoms with Crippen molar-refractivity contribution in [2.24, 2.45) is 0 Å². The molecule has 0 saturated heterocycles. The van der Waals surface area contributed by atoms with Crippen LogP contribution in [-0.4, -0.2) is 44.9 Å². The second kappa shape index (κ2) is 32.3. The Morgan fingerprint density at radius 1 is 0.948 bits per heavy atom. The molecule has 2 atom stereocenters. The normalized spacial score (nSPS) is 12.5. The molecule has 0 saturated carbocycles. The number of hydrogen-bond acceptors (Lipinski definition) is 7. The van der Waals surface area contributed by atoms with Crippen molar-refractivity contribution >= 4 is 33.0 Å². The molecular weight excluding hydrogens is 779 g/mol. The second-order valence-electron chi connectivity index (χ2n) is 14.1. The topological polar surface area (TPSA) is 162 Å². The van der Waals surface area contributed by atoms with Gasteiger partial charge in [0.15, 0.2) is 5.88 Å². The Hall–Kier alpha value is -3.60. The number of phosphoric acid groups is 1. The minimum absolute atomic E-state index is 0.138. The van der Waals surface area contributed by atoms with E-state index in [2.05, 4.69) is 52.6 Å². The van der Waals surface area contributed by atoms with Crippen molar-refractivity contribution in [2.75, 3.05) is 13.3 Å². The number of allylic oxidation sites excluding steroid dienone is 6. The van der Waals surface area contributed by atoms with E-state index in [1.54, 1.807) is 6.08 Å². The van der Waals surface area contributed by atoms with Crippen LogP contribution in [0.15, 0.2) is 103 Å². The van der Waals surface area contributed by atoms with E-state index in [1.165, 1.54) is 58.0 Å². The Morgan fingerprint density at radius 3 is 2.09 bits per heavy atom. The van der Waals surface area contributed by atoms with Crippen LogP contribution in [0.3, 0.4) is 0 Å². The van der Waals surface area contributed by atoms with Gasteiger partial charge in [-0.05, 0) is 86.7 Å². The highest BCUT2D eigenvalue weighted by Crippen LogP contribution is 2.36. The van der Waals surface area contributed by atoms with Crippen molar-refractivity contribution < 1.29 is 42.6 Å². The molecule has 0 bridgehead atoms. The van der Waals surface area contributed by atoms with Crippen LogP contribution in [0.1, 0.15) is 116 Å². The average molecular weight is 848 g/mol. The van der Waals surface area contributed by atoms with Crippen LogP contribution in [-0.2, 0) is 25.0 Å². The lowest BCUT2D eigenvalue weighted by molar-refractivity contribution is -0.122. The minimum atomic E-state index is -4.66. The Morgan fingerprint density at radius 2 is 1.53 bits per heavy atom. The number of rotatable bonds is 27. The third kappa shape index (κ3) is 28.7. The van der Waals surface area contributed by atoms with Crippen LogP contribution in [0.4, 0.5) is 4.53 Å². The van der Waals surface area contributed by atoms with Crippen molar-refractivity contribution in [3.05, 3.63) is 109 Å². The van der Waals surface area contributed by atoms with Crippen molar-refractivity contribution in [2.45, 2.75) is 123 Å². The monoisotopic (exact) mass is 847 g/mol. The van der Waals surface area contributed by atoms with Crippen LogP contribution in [0.25, 0.3) is 10.9 Å². The molecule has 0 fully saturated rings. The summed E-state index contributed by atoms with van der Waals surface area (Å²) in [5, 5.41) is 7.00. The number of para-hydroxylation sites is 1. The van der Waals surface area contributed by atoms with Gasteiger partial charge in [0.05, 0.1) is 12.6 Å². The summed E-state index contributed by atoms with van der Waals surface area (Å²) in [6.45, 7) is 14.4. The quantitative estimate of drug-likeness (QED) is 0.0190. The first-order valence-corrected chi connectivity index (χ1v) is 23.4. The van der Waals surface area contributed by atoms with Crippen LogP contribution in [0, 0.1) is 0 Å². The molecule has 3 rings (SSSR count). The fraction of sp³-hybridized carbons (Fsp3) is 0.477. The van der Waals surface area contributed by atoms with Crippen molar-refractivity contribution in [3.63, 3.8) is 0 Å². The predicted molar refractivity (Wildman–Crippen MR) is 237 cm³/mol. The Bertz CT molecular complexity index is 1640. The van der Waals surface area contributed by atoms with E-state index >= 15 is 0 Å². The standard InChI is InChI=1S/C35H51N2O6P.C8H13N.CH4FO2P/c1-2-3-4-5-6-7-8-9-10-11-12-13-14-15-16-21-34(38)36-31(28-42-44(39,40)41)26-29-22-24-32(25-23-29)43-35-27-30-19-17-18-20-33(30)37-35;1-5-6-8(4)9-7(2)3;1-5(3)4-2/h9-10,17-20,22-25,27,31,37H,2-8,11-16,21,26,28H2,1H3,(H,36,38)(H2,39,40,41);5-6,9H,1-2H2,3-4H3;3H,1H3/b10-9-;8-6+;. The molecule has 14 heteroatoms. The van der Waals surface area contributed by atoms with Crippen LogP contribution in [0.2, 0.25) is 0 Å². The lowest BCUT2D eigenvalue weighted by Crippen LogP contribution is -2.39. The summed E-state index contributed by atoms with van der Waals surface area (Å²) in [6.07, 6.45) is 24.5. The first-order chi connectivity index (χ1) is 27.8. The summed E-state index contributed by atoms with van der Waals surface area (Å²) in [7, 11) is -6.43. The molecule has 2 aromatic carbocycles. The lowest BCUT2D eigenvalue weighted by atomic mass is 10.1. The molecule has 1 heterocycles. The molecule has 6 N–H and O–H groups in total. The molecule has 11 nitrogen and oxygen atoms in total. The number of nitrogens with one attached hydrogen (secondary N) is 3. The summed E-state index contributed by atoms with van der Waals surface area (Å²) in [4.78, 5) is 42.1. The summed E-state index contributed by atoms with van der Waals surface area (Å²) in [5.74, 6) is 1.15. The van der Waals surface area contributed by atoms with E-state index in [9.17, 15) is 23.7 Å². The van der Waals surface area contributed by atoms with Gasteiger partial charge in [0.1, 0.15) is 5.75 Å². The van der Waals surface area contributed by atoms with Gasteiger partial charge in [0.2, 0.25) is 14.3 Å². The van der Waals surface area contributed by atoms with Crippen molar-refractivity contribution in [1.82, 2.24) is 15.6 Å². The number of carbonyl (C=O) groups excluding carboxylic acids is 1. The van der Waals surface area contributed by atoms with Crippen LogP contribution >= 0.6 is 16.2 Å². The first kappa shape index (κ1) is 52.4. The maximum atomic E-state index is 12.6. The SMILES string of the molecule is C=C/C=C(\C)NC(=C)C.CCCCCCCC/C=C\CCCCCCCC(=O)NC(COP(=O)(O)O)Cc1ccc(Oc2cc3ccccc3[nH]2)cc1.CP(O)OF. The van der Waals surface area contributed by atoms with Gasteiger partial charge < -0.3 is 35.0 Å². The third-order valence-corrected chi connectivity index (χ3v) is 9.18. The molecule has 0 aliphatic heterocycles. The molecule has 1 amide bonds. The number of aromatic nitrogens is 1. The number of fused-ring (bicyclic) bond motifs is 1. The molecule has 0 radical (unpaired) electrons. The number of benzene rings is 2.